The van der Waals surface area contributed by atoms with Gasteiger partial charge in [0.1, 0.15) is 16.3 Å². The lowest BCUT2D eigenvalue weighted by Gasteiger charge is -2.21. The number of aliphatic hydroxyl groups is 1. The Kier molecular flexibility index (Phi) is 4.25. The Morgan fingerprint density at radius 3 is 2.71 bits per heavy atom. The molecule has 0 aromatic carbocycles. The average molecular weight is 312 g/mol. The van der Waals surface area contributed by atoms with E-state index < -0.39 is 14.6 Å². The largest absolute Gasteiger partial charge is 0.492 e. The summed E-state index contributed by atoms with van der Waals surface area (Å²) >= 11 is 0. The molecule has 2 rings (SSSR count). The van der Waals surface area contributed by atoms with Crippen molar-refractivity contribution in [1.29, 1.82) is 0 Å². The molecule has 0 unspecified atom stereocenters. The number of sulfone groups is 1. The molecule has 116 valence electrons. The van der Waals surface area contributed by atoms with Crippen LogP contribution in [0.5, 0.6) is 5.75 Å². The van der Waals surface area contributed by atoms with Gasteiger partial charge in [0, 0.05) is 37.7 Å². The second-order valence-corrected chi connectivity index (χ2v) is 8.41. The fraction of sp³-hybridized carbons (Fsp3) is 0.500. The Morgan fingerprint density at radius 1 is 1.38 bits per heavy atom. The molecule has 0 spiro atoms. The van der Waals surface area contributed by atoms with Gasteiger partial charge in [-0.1, -0.05) is 0 Å². The fourth-order valence-electron chi connectivity index (χ4n) is 1.82. The van der Waals surface area contributed by atoms with Gasteiger partial charge in [0.05, 0.1) is 11.4 Å². The molecule has 0 fully saturated rings. The van der Waals surface area contributed by atoms with E-state index in [4.69, 9.17) is 9.84 Å². The summed E-state index contributed by atoms with van der Waals surface area (Å²) in [5.74, 6) is 0.275. The SMILES string of the molecule is CC(C)(C)S(=O)(=O)c1cn2ccnc2cc1OCCCO. The van der Waals surface area contributed by atoms with Gasteiger partial charge in [0.2, 0.25) is 0 Å². The summed E-state index contributed by atoms with van der Waals surface area (Å²) in [6.45, 7) is 5.20. The number of aliphatic hydroxyl groups excluding tert-OH is 1. The molecule has 0 aliphatic carbocycles. The minimum atomic E-state index is -3.55. The number of pyridine rings is 1. The van der Waals surface area contributed by atoms with Crippen molar-refractivity contribution in [3.05, 3.63) is 24.7 Å². The molecule has 0 bridgehead atoms. The highest BCUT2D eigenvalue weighted by Gasteiger charge is 2.34. The van der Waals surface area contributed by atoms with Crippen molar-refractivity contribution in [2.24, 2.45) is 0 Å². The molecule has 2 heterocycles. The van der Waals surface area contributed by atoms with Gasteiger partial charge in [-0.3, -0.25) is 0 Å². The van der Waals surface area contributed by atoms with Gasteiger partial charge in [-0.05, 0) is 20.8 Å². The van der Waals surface area contributed by atoms with E-state index in [1.807, 2.05) is 0 Å². The van der Waals surface area contributed by atoms with Gasteiger partial charge in [-0.2, -0.15) is 0 Å². The Morgan fingerprint density at radius 2 is 2.10 bits per heavy atom. The molecule has 1 N–H and O–H groups in total. The lowest BCUT2D eigenvalue weighted by atomic mass is 10.3. The summed E-state index contributed by atoms with van der Waals surface area (Å²) in [5.41, 5.74) is 0.613. The monoisotopic (exact) mass is 312 g/mol. The first-order valence-corrected chi connectivity index (χ1v) is 8.20. The van der Waals surface area contributed by atoms with E-state index in [2.05, 4.69) is 4.98 Å². The molecule has 2 aromatic heterocycles. The number of ether oxygens (including phenoxy) is 1. The number of hydrogen-bond acceptors (Lipinski definition) is 5. The van der Waals surface area contributed by atoms with Crippen LogP contribution < -0.4 is 4.74 Å². The molecule has 21 heavy (non-hydrogen) atoms. The number of hydrogen-bond donors (Lipinski definition) is 1. The van der Waals surface area contributed by atoms with Gasteiger partial charge in [0.25, 0.3) is 0 Å². The average Bonchev–Trinajstić information content (AvgIpc) is 2.83. The van der Waals surface area contributed by atoms with Crippen LogP contribution in [0, 0.1) is 0 Å². The van der Waals surface area contributed by atoms with Crippen LogP contribution in [0.4, 0.5) is 0 Å². The Balaban J connectivity index is 2.56. The van der Waals surface area contributed by atoms with Crippen LogP contribution >= 0.6 is 0 Å². The van der Waals surface area contributed by atoms with E-state index in [0.717, 1.165) is 0 Å². The highest BCUT2D eigenvalue weighted by Crippen LogP contribution is 2.32. The molecule has 0 aliphatic rings. The number of aromatic nitrogens is 2. The Labute approximate surface area is 124 Å². The van der Waals surface area contributed by atoms with E-state index >= 15 is 0 Å². The third-order valence-corrected chi connectivity index (χ3v) is 5.61. The lowest BCUT2D eigenvalue weighted by Crippen LogP contribution is -2.28. The maximum Gasteiger partial charge on any atom is 0.188 e. The smallest absolute Gasteiger partial charge is 0.188 e. The molecule has 0 atom stereocenters. The van der Waals surface area contributed by atoms with Crippen molar-refractivity contribution in [2.45, 2.75) is 36.8 Å². The molecule has 2 aromatic rings. The van der Waals surface area contributed by atoms with E-state index in [0.29, 0.717) is 12.1 Å². The van der Waals surface area contributed by atoms with Crippen molar-refractivity contribution in [1.82, 2.24) is 9.38 Å². The van der Waals surface area contributed by atoms with Crippen molar-refractivity contribution in [3.63, 3.8) is 0 Å². The van der Waals surface area contributed by atoms with E-state index in [1.165, 1.54) is 6.20 Å². The molecular weight excluding hydrogens is 292 g/mol. The van der Waals surface area contributed by atoms with Crippen LogP contribution in [0.2, 0.25) is 0 Å². The second-order valence-electron chi connectivity index (χ2n) is 5.74. The topological polar surface area (TPSA) is 80.9 Å². The van der Waals surface area contributed by atoms with E-state index in [9.17, 15) is 8.42 Å². The van der Waals surface area contributed by atoms with Gasteiger partial charge in [-0.15, -0.1) is 0 Å². The summed E-state index contributed by atoms with van der Waals surface area (Å²) in [6.07, 6.45) is 5.25. The number of imidazole rings is 1. The van der Waals surface area contributed by atoms with Crippen molar-refractivity contribution < 1.29 is 18.3 Å². The molecule has 0 saturated carbocycles. The number of fused-ring (bicyclic) bond motifs is 1. The summed E-state index contributed by atoms with van der Waals surface area (Å²) in [4.78, 5) is 4.27. The molecular formula is C14H20N2O4S. The first kappa shape index (κ1) is 15.8. The van der Waals surface area contributed by atoms with Crippen molar-refractivity contribution in [2.75, 3.05) is 13.2 Å². The van der Waals surface area contributed by atoms with Gasteiger partial charge in [0.15, 0.2) is 9.84 Å². The van der Waals surface area contributed by atoms with Crippen LogP contribution in [0.1, 0.15) is 27.2 Å². The zero-order chi connectivity index (χ0) is 15.7. The Hall–Kier alpha value is -1.60. The van der Waals surface area contributed by atoms with E-state index in [1.54, 1.807) is 43.6 Å². The third kappa shape index (κ3) is 3.03. The zero-order valence-electron chi connectivity index (χ0n) is 12.4. The minimum Gasteiger partial charge on any atom is -0.492 e. The van der Waals surface area contributed by atoms with Crippen molar-refractivity contribution >= 4 is 15.5 Å². The lowest BCUT2D eigenvalue weighted by molar-refractivity contribution is 0.230. The predicted molar refractivity (Wildman–Crippen MR) is 79.3 cm³/mol. The standard InChI is InChI=1S/C14H20N2O4S/c1-14(2,3)21(18,19)12-10-16-6-5-15-13(16)9-11(12)20-8-4-7-17/h5-6,9-10,17H,4,7-8H2,1-3H3. The molecule has 0 aliphatic heterocycles. The minimum absolute atomic E-state index is 0.00697. The number of nitrogens with zero attached hydrogens (tertiary/aromatic N) is 2. The van der Waals surface area contributed by atoms with Crippen LogP contribution in [-0.2, 0) is 9.84 Å². The first-order valence-electron chi connectivity index (χ1n) is 6.72. The van der Waals surface area contributed by atoms with Gasteiger partial charge in [-0.25, -0.2) is 13.4 Å². The summed E-state index contributed by atoms with van der Waals surface area (Å²) in [5, 5.41) is 8.83. The van der Waals surface area contributed by atoms with Crippen LogP contribution in [-0.4, -0.2) is 40.9 Å². The maximum atomic E-state index is 12.7. The molecule has 0 radical (unpaired) electrons. The summed E-state index contributed by atoms with van der Waals surface area (Å²) in [7, 11) is -3.55. The predicted octanol–water partition coefficient (Wildman–Crippen LogP) is 1.67. The zero-order valence-corrected chi connectivity index (χ0v) is 13.2. The van der Waals surface area contributed by atoms with Crippen LogP contribution in [0.3, 0.4) is 0 Å². The van der Waals surface area contributed by atoms with Crippen LogP contribution in [0.15, 0.2) is 29.6 Å². The fourth-order valence-corrected chi connectivity index (χ4v) is 3.11. The third-order valence-electron chi connectivity index (χ3n) is 3.11. The van der Waals surface area contributed by atoms with Crippen LogP contribution in [0.25, 0.3) is 5.65 Å². The number of rotatable bonds is 5. The maximum absolute atomic E-state index is 12.7. The molecule has 7 heteroatoms. The Bertz CT molecular complexity index is 729. The second kappa shape index (κ2) is 5.65. The highest BCUT2D eigenvalue weighted by molar-refractivity contribution is 7.92. The highest BCUT2D eigenvalue weighted by atomic mass is 32.2. The first-order chi connectivity index (χ1) is 9.77. The van der Waals surface area contributed by atoms with E-state index in [-0.39, 0.29) is 23.9 Å². The quantitative estimate of drug-likeness (QED) is 0.849. The molecule has 6 nitrogen and oxygen atoms in total. The normalized spacial score (nSPS) is 12.8. The summed E-state index contributed by atoms with van der Waals surface area (Å²) in [6, 6.07) is 1.61. The summed E-state index contributed by atoms with van der Waals surface area (Å²) < 4.78 is 31.7. The molecule has 0 saturated heterocycles. The van der Waals surface area contributed by atoms with Crippen molar-refractivity contribution in [3.8, 4) is 5.75 Å². The van der Waals surface area contributed by atoms with Gasteiger partial charge >= 0.3 is 0 Å². The van der Waals surface area contributed by atoms with Gasteiger partial charge < -0.3 is 14.2 Å². The molecule has 0 amide bonds.